The van der Waals surface area contributed by atoms with Gasteiger partial charge in [-0.05, 0) is 18.2 Å². The van der Waals surface area contributed by atoms with Gasteiger partial charge >= 0.3 is 0 Å². The molecule has 6 nitrogen and oxygen atoms in total. The molecule has 0 heterocycles. The fourth-order valence-corrected chi connectivity index (χ4v) is 1.82. The van der Waals surface area contributed by atoms with Crippen LogP contribution in [-0.2, 0) is 6.61 Å². The molecule has 0 atom stereocenters. The Morgan fingerprint density at radius 2 is 2.00 bits per heavy atom. The van der Waals surface area contributed by atoms with Crippen LogP contribution in [0.4, 0.5) is 15.8 Å². The highest BCUT2D eigenvalue weighted by Crippen LogP contribution is 2.22. The van der Waals surface area contributed by atoms with Crippen molar-refractivity contribution >= 4 is 17.3 Å². The number of anilines is 1. The third-order valence-electron chi connectivity index (χ3n) is 2.84. The monoisotopic (exact) mass is 290 g/mol. The van der Waals surface area contributed by atoms with E-state index in [1.807, 2.05) is 0 Å². The molecule has 0 saturated carbocycles. The number of hydrogen-bond acceptors (Lipinski definition) is 4. The van der Waals surface area contributed by atoms with Crippen molar-refractivity contribution in [1.82, 2.24) is 0 Å². The highest BCUT2D eigenvalue weighted by atomic mass is 19.1. The topological polar surface area (TPSA) is 92.5 Å². The molecule has 0 spiro atoms. The lowest BCUT2D eigenvalue weighted by Crippen LogP contribution is -2.15. The van der Waals surface area contributed by atoms with Crippen molar-refractivity contribution in [3.8, 4) is 0 Å². The number of nitro groups is 1. The van der Waals surface area contributed by atoms with Crippen molar-refractivity contribution in [2.45, 2.75) is 6.61 Å². The van der Waals surface area contributed by atoms with Crippen LogP contribution in [0.5, 0.6) is 0 Å². The predicted molar refractivity (Wildman–Crippen MR) is 73.4 cm³/mol. The number of carbonyl (C=O) groups excluding carboxylic acids is 1. The summed E-state index contributed by atoms with van der Waals surface area (Å²) in [6.07, 6.45) is 0. The van der Waals surface area contributed by atoms with Crippen LogP contribution in [-0.4, -0.2) is 15.9 Å². The first-order valence-electron chi connectivity index (χ1n) is 5.97. The third-order valence-corrected chi connectivity index (χ3v) is 2.84. The molecule has 0 aliphatic rings. The fourth-order valence-electron chi connectivity index (χ4n) is 1.82. The Morgan fingerprint density at radius 3 is 2.67 bits per heavy atom. The quantitative estimate of drug-likeness (QED) is 0.668. The number of aliphatic hydroxyl groups excluding tert-OH is 1. The minimum Gasteiger partial charge on any atom is -0.392 e. The highest BCUT2D eigenvalue weighted by molar-refractivity contribution is 6.07. The molecular weight excluding hydrogens is 279 g/mol. The lowest BCUT2D eigenvalue weighted by molar-refractivity contribution is -0.385. The molecule has 0 aliphatic carbocycles. The summed E-state index contributed by atoms with van der Waals surface area (Å²) in [5.41, 5.74) is -0.114. The zero-order valence-electron chi connectivity index (χ0n) is 10.7. The average molecular weight is 290 g/mol. The van der Waals surface area contributed by atoms with Gasteiger partial charge in [0.1, 0.15) is 11.4 Å². The van der Waals surface area contributed by atoms with Crippen LogP contribution >= 0.6 is 0 Å². The lowest BCUT2D eigenvalue weighted by atomic mass is 10.1. The molecule has 108 valence electrons. The number of nitrogens with zero attached hydrogens (tertiary/aromatic N) is 1. The number of halogens is 1. The van der Waals surface area contributed by atoms with Crippen molar-refractivity contribution in [2.24, 2.45) is 0 Å². The van der Waals surface area contributed by atoms with Gasteiger partial charge in [-0.25, -0.2) is 4.39 Å². The van der Waals surface area contributed by atoms with Gasteiger partial charge in [0.25, 0.3) is 11.6 Å². The molecule has 0 fully saturated rings. The molecule has 2 aromatic rings. The van der Waals surface area contributed by atoms with E-state index in [0.29, 0.717) is 11.3 Å². The van der Waals surface area contributed by atoms with Crippen molar-refractivity contribution in [1.29, 1.82) is 0 Å². The average Bonchev–Trinajstić information content (AvgIpc) is 2.47. The summed E-state index contributed by atoms with van der Waals surface area (Å²) in [7, 11) is 0. The summed E-state index contributed by atoms with van der Waals surface area (Å²) in [6.45, 7) is -0.304. The number of carbonyl (C=O) groups is 1. The number of para-hydroxylation sites is 1. The minimum atomic E-state index is -0.818. The Balaban J connectivity index is 2.37. The number of benzene rings is 2. The van der Waals surface area contributed by atoms with Gasteiger partial charge in [0.2, 0.25) is 0 Å². The van der Waals surface area contributed by atoms with Crippen LogP contribution < -0.4 is 5.32 Å². The second-order valence-electron chi connectivity index (χ2n) is 4.19. The zero-order valence-corrected chi connectivity index (χ0v) is 10.7. The van der Waals surface area contributed by atoms with Gasteiger partial charge in [0, 0.05) is 17.3 Å². The van der Waals surface area contributed by atoms with Gasteiger partial charge in [-0.1, -0.05) is 18.2 Å². The predicted octanol–water partition coefficient (Wildman–Crippen LogP) is 2.48. The molecule has 1 amide bonds. The molecule has 2 N–H and O–H groups in total. The third kappa shape index (κ3) is 3.21. The Labute approximate surface area is 119 Å². The number of hydrogen-bond donors (Lipinski definition) is 2. The highest BCUT2D eigenvalue weighted by Gasteiger charge is 2.21. The smallest absolute Gasteiger partial charge is 0.282 e. The van der Waals surface area contributed by atoms with E-state index in [-0.39, 0.29) is 12.2 Å². The molecule has 21 heavy (non-hydrogen) atoms. The number of nitro benzene ring substituents is 1. The number of amides is 1. The van der Waals surface area contributed by atoms with Crippen molar-refractivity contribution in [2.75, 3.05) is 5.32 Å². The Bertz CT molecular complexity index is 703. The number of rotatable bonds is 4. The standard InChI is InChI=1S/C14H11FN2O4/c15-10-5-6-13(17(20)21)11(7-10)14(19)16-12-4-2-1-3-9(12)8-18/h1-7,18H,8H2,(H,16,19). The molecule has 0 radical (unpaired) electrons. The van der Waals surface area contributed by atoms with E-state index in [4.69, 9.17) is 5.11 Å². The van der Waals surface area contributed by atoms with Crippen LogP contribution in [0.25, 0.3) is 0 Å². The van der Waals surface area contributed by atoms with Gasteiger partial charge < -0.3 is 10.4 Å². The van der Waals surface area contributed by atoms with Gasteiger partial charge in [0.05, 0.1) is 11.5 Å². The van der Waals surface area contributed by atoms with Gasteiger partial charge in [-0.3, -0.25) is 14.9 Å². The molecule has 2 rings (SSSR count). The first kappa shape index (κ1) is 14.6. The maximum Gasteiger partial charge on any atom is 0.282 e. The van der Waals surface area contributed by atoms with E-state index in [9.17, 15) is 19.3 Å². The molecule has 0 bridgehead atoms. The molecule has 0 aliphatic heterocycles. The molecule has 0 saturated heterocycles. The Kier molecular flexibility index (Phi) is 4.24. The summed E-state index contributed by atoms with van der Waals surface area (Å²) in [6, 6.07) is 9.08. The van der Waals surface area contributed by atoms with Crippen LogP contribution in [0.15, 0.2) is 42.5 Å². The summed E-state index contributed by atoms with van der Waals surface area (Å²) in [4.78, 5) is 22.2. The van der Waals surface area contributed by atoms with Gasteiger partial charge in [-0.15, -0.1) is 0 Å². The van der Waals surface area contributed by atoms with E-state index in [1.54, 1.807) is 18.2 Å². The lowest BCUT2D eigenvalue weighted by Gasteiger charge is -2.09. The summed E-state index contributed by atoms with van der Waals surface area (Å²) in [5.74, 6) is -1.57. The van der Waals surface area contributed by atoms with Crippen LogP contribution in [0.3, 0.4) is 0 Å². The zero-order chi connectivity index (χ0) is 15.4. The van der Waals surface area contributed by atoms with E-state index < -0.39 is 22.3 Å². The molecule has 0 unspecified atom stereocenters. The fraction of sp³-hybridized carbons (Fsp3) is 0.0714. The van der Waals surface area contributed by atoms with Crippen LogP contribution in [0.2, 0.25) is 0 Å². The largest absolute Gasteiger partial charge is 0.392 e. The van der Waals surface area contributed by atoms with Crippen LogP contribution in [0, 0.1) is 15.9 Å². The van der Waals surface area contributed by atoms with Crippen molar-refractivity contribution in [3.63, 3.8) is 0 Å². The normalized spacial score (nSPS) is 10.2. The van der Waals surface area contributed by atoms with Crippen molar-refractivity contribution in [3.05, 3.63) is 69.5 Å². The molecule has 0 aromatic heterocycles. The number of nitrogens with one attached hydrogen (secondary N) is 1. The molecular formula is C14H11FN2O4. The van der Waals surface area contributed by atoms with Gasteiger partial charge in [-0.2, -0.15) is 0 Å². The molecule has 7 heteroatoms. The number of aliphatic hydroxyl groups is 1. The first-order valence-corrected chi connectivity index (χ1v) is 5.97. The maximum absolute atomic E-state index is 13.2. The molecule has 2 aromatic carbocycles. The second kappa shape index (κ2) is 6.10. The van der Waals surface area contributed by atoms with E-state index >= 15 is 0 Å². The Morgan fingerprint density at radius 1 is 1.29 bits per heavy atom. The van der Waals surface area contributed by atoms with E-state index in [1.165, 1.54) is 6.07 Å². The summed E-state index contributed by atoms with van der Waals surface area (Å²) >= 11 is 0. The summed E-state index contributed by atoms with van der Waals surface area (Å²) < 4.78 is 13.2. The van der Waals surface area contributed by atoms with E-state index in [0.717, 1.165) is 18.2 Å². The van der Waals surface area contributed by atoms with Gasteiger partial charge in [0.15, 0.2) is 0 Å². The first-order chi connectivity index (χ1) is 10.0. The van der Waals surface area contributed by atoms with E-state index in [2.05, 4.69) is 5.32 Å². The van der Waals surface area contributed by atoms with Crippen LogP contribution in [0.1, 0.15) is 15.9 Å². The van der Waals surface area contributed by atoms with Crippen molar-refractivity contribution < 1.29 is 19.2 Å². The second-order valence-corrected chi connectivity index (χ2v) is 4.19. The summed E-state index contributed by atoms with van der Waals surface area (Å²) in [5, 5.41) is 22.5. The Hall–Kier alpha value is -2.80. The SMILES string of the molecule is O=C(Nc1ccccc1CO)c1cc(F)ccc1[N+](=O)[O-]. The minimum absolute atomic E-state index is 0.304. The maximum atomic E-state index is 13.2.